The van der Waals surface area contributed by atoms with Gasteiger partial charge in [-0.05, 0) is 19.3 Å². The zero-order chi connectivity index (χ0) is 53.9. The summed E-state index contributed by atoms with van der Waals surface area (Å²) in [5.74, 6) is -0.240. The fourth-order valence-electron chi connectivity index (χ4n) is 10.5. The summed E-state index contributed by atoms with van der Waals surface area (Å²) in [6, 6.07) is -0.906. The number of hydrogen-bond donors (Lipinski definition) is 9. The molecule has 12 atom stereocenters. The number of allylic oxidation sites excluding steroid dienone is 1. The van der Waals surface area contributed by atoms with E-state index in [1.54, 1.807) is 6.08 Å². The minimum atomic E-state index is -1.78. The van der Waals surface area contributed by atoms with Crippen molar-refractivity contribution in [2.24, 2.45) is 0 Å². The fraction of sp³-hybridized carbons (Fsp3) is 0.950. The molecule has 2 aliphatic rings. The van der Waals surface area contributed by atoms with Crippen molar-refractivity contribution >= 4 is 5.91 Å². The minimum Gasteiger partial charge on any atom is -0.394 e. The maximum atomic E-state index is 13.1. The molecule has 2 fully saturated rings. The summed E-state index contributed by atoms with van der Waals surface area (Å²) in [7, 11) is 0. The number of nitrogens with one attached hydrogen (secondary N) is 1. The number of rotatable bonds is 50. The van der Waals surface area contributed by atoms with Gasteiger partial charge in [0.15, 0.2) is 12.6 Å². The van der Waals surface area contributed by atoms with Gasteiger partial charge in [0, 0.05) is 6.42 Å². The summed E-state index contributed by atoms with van der Waals surface area (Å²) >= 11 is 0. The third-order valence-corrected chi connectivity index (χ3v) is 15.5. The first-order valence-electron chi connectivity index (χ1n) is 30.9. The smallest absolute Gasteiger partial charge is 0.220 e. The molecule has 0 aliphatic carbocycles. The molecule has 9 N–H and O–H groups in total. The number of aliphatic hydroxyl groups excluding tert-OH is 8. The van der Waals surface area contributed by atoms with Crippen molar-refractivity contribution in [2.45, 2.75) is 344 Å². The lowest BCUT2D eigenvalue weighted by Gasteiger charge is -2.46. The lowest BCUT2D eigenvalue weighted by atomic mass is 9.97. The Bertz CT molecular complexity index is 1290. The molecule has 14 heteroatoms. The molecule has 1 amide bonds. The number of carbonyl (C=O) groups is 1. The molecular weight excluding hydrogens is 943 g/mol. The first kappa shape index (κ1) is 68.8. The highest BCUT2D eigenvalue weighted by molar-refractivity contribution is 5.76. The third kappa shape index (κ3) is 32.0. The van der Waals surface area contributed by atoms with E-state index in [2.05, 4.69) is 19.2 Å². The number of aliphatic hydroxyl groups is 8. The van der Waals surface area contributed by atoms with E-state index in [1.165, 1.54) is 193 Å². The molecule has 0 aromatic rings. The molecule has 0 saturated carbocycles. The zero-order valence-corrected chi connectivity index (χ0v) is 47.1. The van der Waals surface area contributed by atoms with Gasteiger partial charge >= 0.3 is 0 Å². The van der Waals surface area contributed by atoms with Crippen molar-refractivity contribution in [3.8, 4) is 0 Å². The summed E-state index contributed by atoms with van der Waals surface area (Å²) in [6.45, 7) is 2.73. The Morgan fingerprint density at radius 1 is 0.473 bits per heavy atom. The summed E-state index contributed by atoms with van der Waals surface area (Å²) in [6.07, 6.45) is 37.8. The van der Waals surface area contributed by atoms with E-state index in [9.17, 15) is 45.6 Å². The van der Waals surface area contributed by atoms with Gasteiger partial charge in [-0.25, -0.2) is 0 Å². The summed E-state index contributed by atoms with van der Waals surface area (Å²) in [5, 5.41) is 86.5. The van der Waals surface area contributed by atoms with Crippen LogP contribution in [0.3, 0.4) is 0 Å². The van der Waals surface area contributed by atoms with E-state index in [-0.39, 0.29) is 18.9 Å². The molecule has 0 radical (unpaired) electrons. The van der Waals surface area contributed by atoms with Crippen LogP contribution in [-0.2, 0) is 23.7 Å². The molecule has 2 aliphatic heterocycles. The highest BCUT2D eigenvalue weighted by atomic mass is 16.7. The van der Waals surface area contributed by atoms with Gasteiger partial charge in [0.1, 0.15) is 48.8 Å². The van der Waals surface area contributed by atoms with Crippen molar-refractivity contribution < 1.29 is 64.6 Å². The van der Waals surface area contributed by atoms with Crippen molar-refractivity contribution in [3.05, 3.63) is 12.2 Å². The molecule has 0 bridgehead atoms. The van der Waals surface area contributed by atoms with Crippen LogP contribution in [0, 0.1) is 0 Å². The summed E-state index contributed by atoms with van der Waals surface area (Å²) in [5.41, 5.74) is 0. The fourth-order valence-corrected chi connectivity index (χ4v) is 10.5. The average molecular weight is 1060 g/mol. The van der Waals surface area contributed by atoms with Gasteiger partial charge in [0.2, 0.25) is 5.91 Å². The van der Waals surface area contributed by atoms with Crippen LogP contribution in [-0.4, -0.2) is 140 Å². The molecule has 74 heavy (non-hydrogen) atoms. The monoisotopic (exact) mass is 1060 g/mol. The van der Waals surface area contributed by atoms with E-state index in [0.29, 0.717) is 6.42 Å². The van der Waals surface area contributed by atoms with E-state index in [4.69, 9.17) is 18.9 Å². The number of ether oxygens (including phenoxy) is 4. The Morgan fingerprint density at radius 3 is 1.24 bits per heavy atom. The van der Waals surface area contributed by atoms with Crippen LogP contribution < -0.4 is 5.32 Å². The maximum Gasteiger partial charge on any atom is 0.220 e. The number of unbranched alkanes of at least 4 members (excludes halogenated alkanes) is 37. The van der Waals surface area contributed by atoms with Gasteiger partial charge in [-0.1, -0.05) is 257 Å². The van der Waals surface area contributed by atoms with Crippen LogP contribution in [0.2, 0.25) is 0 Å². The maximum absolute atomic E-state index is 13.1. The quantitative estimate of drug-likeness (QED) is 0.0204. The van der Waals surface area contributed by atoms with Crippen LogP contribution in [0.4, 0.5) is 0 Å². The second-order valence-corrected chi connectivity index (χ2v) is 22.2. The van der Waals surface area contributed by atoms with Crippen LogP contribution in [0.15, 0.2) is 12.2 Å². The van der Waals surface area contributed by atoms with Crippen molar-refractivity contribution in [1.82, 2.24) is 5.32 Å². The summed E-state index contributed by atoms with van der Waals surface area (Å²) < 4.78 is 22.6. The summed E-state index contributed by atoms with van der Waals surface area (Å²) in [4.78, 5) is 13.1. The predicted octanol–water partition coefficient (Wildman–Crippen LogP) is 10.7. The molecule has 14 nitrogen and oxygen atoms in total. The Balaban J connectivity index is 1.52. The van der Waals surface area contributed by atoms with Gasteiger partial charge < -0.3 is 65.1 Å². The lowest BCUT2D eigenvalue weighted by Crippen LogP contribution is -2.65. The van der Waals surface area contributed by atoms with Crippen LogP contribution in [0.5, 0.6) is 0 Å². The second-order valence-electron chi connectivity index (χ2n) is 22.2. The van der Waals surface area contributed by atoms with Crippen molar-refractivity contribution in [1.29, 1.82) is 0 Å². The predicted molar refractivity (Wildman–Crippen MR) is 295 cm³/mol. The SMILES string of the molecule is CCCCCC/C=C/C(O)C(COC1OC(CO)C(OC2OC(CO)C(O)C(O)C2O)C(O)C1O)NC(=O)CCCCCCCCCCCCCCCCCCCCCCCCCCCCCCCCCCCC. The van der Waals surface area contributed by atoms with E-state index >= 15 is 0 Å². The Hall–Kier alpha value is -1.27. The normalized spacial score (nSPS) is 25.2. The van der Waals surface area contributed by atoms with Gasteiger partial charge in [-0.15, -0.1) is 0 Å². The van der Waals surface area contributed by atoms with Gasteiger partial charge in [-0.3, -0.25) is 4.79 Å². The van der Waals surface area contributed by atoms with Gasteiger partial charge in [0.05, 0.1) is 32.0 Å². The Morgan fingerprint density at radius 2 is 0.838 bits per heavy atom. The van der Waals surface area contributed by atoms with Crippen LogP contribution >= 0.6 is 0 Å². The molecule has 438 valence electrons. The first-order valence-corrected chi connectivity index (χ1v) is 30.9. The van der Waals surface area contributed by atoms with Crippen LogP contribution in [0.25, 0.3) is 0 Å². The largest absolute Gasteiger partial charge is 0.394 e. The molecule has 0 aromatic heterocycles. The van der Waals surface area contributed by atoms with Gasteiger partial charge in [-0.2, -0.15) is 0 Å². The van der Waals surface area contributed by atoms with Crippen LogP contribution in [0.1, 0.15) is 271 Å². The molecule has 2 rings (SSSR count). The first-order chi connectivity index (χ1) is 36.1. The third-order valence-electron chi connectivity index (χ3n) is 15.5. The van der Waals surface area contributed by atoms with E-state index in [1.807, 2.05) is 6.08 Å². The zero-order valence-electron chi connectivity index (χ0n) is 47.1. The highest BCUT2D eigenvalue weighted by Gasteiger charge is 2.51. The standard InChI is InChI=1S/C60H115NO13/c1-3-5-7-9-11-12-13-14-15-16-17-18-19-20-21-22-23-24-25-26-27-28-29-30-31-32-33-34-35-36-37-38-40-42-44-52(65)61-48(49(64)43-41-39-10-8-6-4-2)47-71-59-57(70)55(68)58(51(46-63)73-59)74-60-56(69)54(67)53(66)50(45-62)72-60/h41,43,48-51,53-60,62-64,66-70H,3-40,42,44-47H2,1-2H3,(H,61,65)/b43-41+. The molecule has 2 saturated heterocycles. The molecule has 2 heterocycles. The Labute approximate surface area is 450 Å². The highest BCUT2D eigenvalue weighted by Crippen LogP contribution is 2.30. The second kappa shape index (κ2) is 46.6. The Kier molecular flexibility index (Phi) is 43.4. The molecule has 0 aromatic carbocycles. The lowest BCUT2D eigenvalue weighted by molar-refractivity contribution is -0.359. The average Bonchev–Trinajstić information content (AvgIpc) is 3.40. The minimum absolute atomic E-state index is 0.240. The number of carbonyl (C=O) groups excluding carboxylic acids is 1. The topological polar surface area (TPSA) is 228 Å². The molecule has 12 unspecified atom stereocenters. The van der Waals surface area contributed by atoms with Crippen molar-refractivity contribution in [2.75, 3.05) is 19.8 Å². The molecular formula is C60H115NO13. The van der Waals surface area contributed by atoms with E-state index in [0.717, 1.165) is 51.4 Å². The van der Waals surface area contributed by atoms with Gasteiger partial charge in [0.25, 0.3) is 0 Å². The van der Waals surface area contributed by atoms with E-state index < -0.39 is 86.8 Å². The van der Waals surface area contributed by atoms with Crippen molar-refractivity contribution in [3.63, 3.8) is 0 Å². The number of hydrogen-bond acceptors (Lipinski definition) is 13. The number of amides is 1. The molecule has 0 spiro atoms.